The van der Waals surface area contributed by atoms with Crippen LogP contribution < -0.4 is 0 Å². The highest BCUT2D eigenvalue weighted by Crippen LogP contribution is 2.20. The van der Waals surface area contributed by atoms with Crippen LogP contribution in [0.25, 0.3) is 11.0 Å². The van der Waals surface area contributed by atoms with Gasteiger partial charge >= 0.3 is 8.80 Å². The van der Waals surface area contributed by atoms with Crippen LogP contribution >= 0.6 is 0 Å². The molecule has 0 bridgehead atoms. The molecule has 6 nitrogen and oxygen atoms in total. The molecule has 1 heterocycles. The van der Waals surface area contributed by atoms with Crippen molar-refractivity contribution in [1.82, 2.24) is 15.4 Å². The van der Waals surface area contributed by atoms with Crippen LogP contribution in [0.3, 0.4) is 0 Å². The molecule has 0 saturated heterocycles. The minimum absolute atomic E-state index is 0.782. The van der Waals surface area contributed by atoms with Gasteiger partial charge in [0.25, 0.3) is 0 Å². The Morgan fingerprint density at radius 2 is 1.84 bits per heavy atom. The number of nitrogens with one attached hydrogen (secondary N) is 1. The monoisotopic (exact) mass is 281 g/mol. The first-order valence-electron chi connectivity index (χ1n) is 6.18. The van der Waals surface area contributed by atoms with Gasteiger partial charge in [-0.15, -0.1) is 0 Å². The van der Waals surface area contributed by atoms with E-state index in [4.69, 9.17) is 13.3 Å². The van der Waals surface area contributed by atoms with Gasteiger partial charge in [-0.2, -0.15) is 15.4 Å². The van der Waals surface area contributed by atoms with Crippen LogP contribution in [0.5, 0.6) is 0 Å². The fourth-order valence-electron chi connectivity index (χ4n) is 2.18. The van der Waals surface area contributed by atoms with Crippen LogP contribution in [-0.4, -0.2) is 45.5 Å². The van der Waals surface area contributed by atoms with Gasteiger partial charge in [-0.05, 0) is 24.5 Å². The second kappa shape index (κ2) is 6.24. The van der Waals surface area contributed by atoms with Crippen molar-refractivity contribution in [3.8, 4) is 0 Å². The standard InChI is InChI=1S/C12H19N3O3Si/c1-16-19(17-2,18-3)9-5-7-10-6-4-8-11-12(10)14-15-13-11/h4,6,8H,5,7,9H2,1-3H3,(H,13,14,15). The first kappa shape index (κ1) is 14.1. The largest absolute Gasteiger partial charge is 0.500 e. The van der Waals surface area contributed by atoms with E-state index in [1.54, 1.807) is 21.3 Å². The smallest absolute Gasteiger partial charge is 0.377 e. The molecule has 1 N–H and O–H groups in total. The molecule has 0 spiro atoms. The highest BCUT2D eigenvalue weighted by atomic mass is 28.4. The minimum atomic E-state index is -2.47. The number of H-pyrrole nitrogens is 1. The third kappa shape index (κ3) is 3.00. The molecule has 1 aromatic carbocycles. The van der Waals surface area contributed by atoms with Gasteiger partial charge in [-0.1, -0.05) is 12.1 Å². The SMILES string of the molecule is CO[Si](CCCc1cccc2n[nH]nc12)(OC)OC. The molecule has 0 aliphatic heterocycles. The lowest BCUT2D eigenvalue weighted by atomic mass is 10.1. The topological polar surface area (TPSA) is 69.3 Å². The van der Waals surface area contributed by atoms with Crippen molar-refractivity contribution < 1.29 is 13.3 Å². The second-order valence-corrected chi connectivity index (χ2v) is 7.35. The van der Waals surface area contributed by atoms with E-state index in [2.05, 4.69) is 21.5 Å². The van der Waals surface area contributed by atoms with Gasteiger partial charge in [0, 0.05) is 27.4 Å². The molecule has 0 amide bonds. The van der Waals surface area contributed by atoms with Crippen molar-refractivity contribution in [2.45, 2.75) is 18.9 Å². The first-order chi connectivity index (χ1) is 9.24. The number of aromatic amines is 1. The fourth-order valence-corrected chi connectivity index (χ4v) is 3.90. The molecular formula is C12H19N3O3Si. The third-order valence-corrected chi connectivity index (χ3v) is 6.12. The Balaban J connectivity index is 2.01. The van der Waals surface area contributed by atoms with Crippen molar-refractivity contribution in [2.75, 3.05) is 21.3 Å². The van der Waals surface area contributed by atoms with Crippen LogP contribution in [0.4, 0.5) is 0 Å². The maximum absolute atomic E-state index is 5.41. The van der Waals surface area contributed by atoms with E-state index >= 15 is 0 Å². The van der Waals surface area contributed by atoms with Crippen LogP contribution in [0.15, 0.2) is 18.2 Å². The Hall–Kier alpha value is -1.28. The van der Waals surface area contributed by atoms with Crippen molar-refractivity contribution >= 4 is 19.8 Å². The van der Waals surface area contributed by atoms with Crippen molar-refractivity contribution in [2.24, 2.45) is 0 Å². The third-order valence-electron chi connectivity index (χ3n) is 3.29. The van der Waals surface area contributed by atoms with Gasteiger partial charge in [0.15, 0.2) is 0 Å². The number of benzene rings is 1. The number of hydrogen-bond acceptors (Lipinski definition) is 5. The normalized spacial score (nSPS) is 12.2. The van der Waals surface area contributed by atoms with Crippen LogP contribution in [0.2, 0.25) is 6.04 Å². The van der Waals surface area contributed by atoms with Gasteiger partial charge < -0.3 is 13.3 Å². The van der Waals surface area contributed by atoms with E-state index in [-0.39, 0.29) is 0 Å². The second-order valence-electron chi connectivity index (χ2n) is 4.26. The summed E-state index contributed by atoms with van der Waals surface area (Å²) in [6, 6.07) is 6.79. The van der Waals surface area contributed by atoms with Crippen LogP contribution in [0.1, 0.15) is 12.0 Å². The van der Waals surface area contributed by atoms with Gasteiger partial charge in [0.2, 0.25) is 0 Å². The summed E-state index contributed by atoms with van der Waals surface area (Å²) >= 11 is 0. The van der Waals surface area contributed by atoms with E-state index in [9.17, 15) is 0 Å². The van der Waals surface area contributed by atoms with E-state index in [0.29, 0.717) is 0 Å². The fraction of sp³-hybridized carbons (Fsp3) is 0.500. The number of rotatable bonds is 7. The van der Waals surface area contributed by atoms with Gasteiger partial charge in [0.05, 0.1) is 0 Å². The van der Waals surface area contributed by atoms with Crippen molar-refractivity contribution in [1.29, 1.82) is 0 Å². The molecule has 0 aliphatic carbocycles. The molecule has 0 unspecified atom stereocenters. The lowest BCUT2D eigenvalue weighted by Gasteiger charge is -2.24. The van der Waals surface area contributed by atoms with Crippen LogP contribution in [0, 0.1) is 0 Å². The number of nitrogens with zero attached hydrogens (tertiary/aromatic N) is 2. The summed E-state index contributed by atoms with van der Waals surface area (Å²) in [6.45, 7) is 0. The average molecular weight is 281 g/mol. The van der Waals surface area contributed by atoms with Gasteiger partial charge in [-0.25, -0.2) is 0 Å². The summed E-state index contributed by atoms with van der Waals surface area (Å²) in [5.41, 5.74) is 3.01. The lowest BCUT2D eigenvalue weighted by molar-refractivity contribution is 0.123. The van der Waals surface area contributed by atoms with E-state index in [0.717, 1.165) is 29.9 Å². The highest BCUT2D eigenvalue weighted by Gasteiger charge is 2.36. The maximum atomic E-state index is 5.41. The molecule has 2 aromatic rings. The zero-order valence-electron chi connectivity index (χ0n) is 11.5. The maximum Gasteiger partial charge on any atom is 0.500 e. The molecule has 0 fully saturated rings. The molecule has 0 aliphatic rings. The Labute approximate surface area is 113 Å². The Bertz CT molecular complexity index is 519. The van der Waals surface area contributed by atoms with Crippen LogP contribution in [-0.2, 0) is 19.7 Å². The highest BCUT2D eigenvalue weighted by molar-refractivity contribution is 6.60. The molecule has 0 atom stereocenters. The molecule has 19 heavy (non-hydrogen) atoms. The van der Waals surface area contributed by atoms with Crippen molar-refractivity contribution in [3.63, 3.8) is 0 Å². The first-order valence-corrected chi connectivity index (χ1v) is 8.11. The number of aromatic nitrogens is 3. The van der Waals surface area contributed by atoms with E-state index in [1.807, 2.05) is 12.1 Å². The predicted octanol–water partition coefficient (Wildman–Crippen LogP) is 1.77. The lowest BCUT2D eigenvalue weighted by Crippen LogP contribution is -2.42. The summed E-state index contributed by atoms with van der Waals surface area (Å²) < 4.78 is 16.2. The summed E-state index contributed by atoms with van der Waals surface area (Å²) in [5, 5.41) is 10.9. The predicted molar refractivity (Wildman–Crippen MR) is 73.8 cm³/mol. The number of fused-ring (bicyclic) bond motifs is 1. The molecule has 7 heteroatoms. The molecule has 104 valence electrons. The van der Waals surface area contributed by atoms with Crippen molar-refractivity contribution in [3.05, 3.63) is 23.8 Å². The molecule has 0 saturated carbocycles. The average Bonchev–Trinajstić information content (AvgIpc) is 2.93. The summed E-state index contributed by atoms with van der Waals surface area (Å²) in [5.74, 6) is 0. The Morgan fingerprint density at radius 1 is 1.11 bits per heavy atom. The Morgan fingerprint density at radius 3 is 2.53 bits per heavy atom. The van der Waals surface area contributed by atoms with Gasteiger partial charge in [-0.3, -0.25) is 0 Å². The van der Waals surface area contributed by atoms with Gasteiger partial charge in [0.1, 0.15) is 11.0 Å². The molecule has 2 rings (SSSR count). The minimum Gasteiger partial charge on any atom is -0.377 e. The molecule has 0 radical (unpaired) electrons. The zero-order valence-corrected chi connectivity index (χ0v) is 12.5. The number of aryl methyl sites for hydroxylation is 1. The zero-order chi connectivity index (χ0) is 13.7. The summed E-state index contributed by atoms with van der Waals surface area (Å²) in [6.07, 6.45) is 1.82. The Kier molecular flexibility index (Phi) is 4.64. The molecular weight excluding hydrogens is 262 g/mol. The number of para-hydroxylation sites is 1. The quantitative estimate of drug-likeness (QED) is 0.783. The summed E-state index contributed by atoms with van der Waals surface area (Å²) in [4.78, 5) is 0. The van der Waals surface area contributed by atoms with E-state index in [1.165, 1.54) is 5.56 Å². The van der Waals surface area contributed by atoms with E-state index < -0.39 is 8.80 Å². The molecule has 1 aromatic heterocycles. The summed E-state index contributed by atoms with van der Waals surface area (Å²) in [7, 11) is 2.44. The number of hydrogen-bond donors (Lipinski definition) is 1.